The summed E-state index contributed by atoms with van der Waals surface area (Å²) in [5, 5.41) is 8.99. The molecule has 7 nitrogen and oxygen atoms in total. The average molecular weight is 380 g/mol. The fraction of sp³-hybridized carbons (Fsp3) is 0.333. The summed E-state index contributed by atoms with van der Waals surface area (Å²) in [7, 11) is -2.93. The normalized spacial score (nSPS) is 12.8. The van der Waals surface area contributed by atoms with Crippen LogP contribution in [-0.4, -0.2) is 38.6 Å². The molecule has 1 aromatic carbocycles. The number of rotatable bonds is 5. The van der Waals surface area contributed by atoms with E-state index in [1.807, 2.05) is 0 Å². The lowest BCUT2D eigenvalue weighted by atomic mass is 10.1. The first kappa shape index (κ1) is 17.6. The van der Waals surface area contributed by atoms with Gasteiger partial charge in [-0.05, 0) is 31.5 Å². The summed E-state index contributed by atoms with van der Waals surface area (Å²) in [6.07, 6.45) is 0. The number of aromatic carboxylic acids is 1. The number of nitrogens with one attached hydrogen (secondary N) is 1. The van der Waals surface area contributed by atoms with Crippen LogP contribution in [0.2, 0.25) is 0 Å². The number of carbonyl (C=O) groups is 2. The van der Waals surface area contributed by atoms with Gasteiger partial charge in [-0.2, -0.15) is 4.72 Å². The second-order valence-corrected chi connectivity index (χ2v) is 6.79. The molecule has 9 heteroatoms. The van der Waals surface area contributed by atoms with Gasteiger partial charge in [-0.25, -0.2) is 13.2 Å². The Hall–Kier alpha value is -1.45. The summed E-state index contributed by atoms with van der Waals surface area (Å²) >= 11 is 3.12. The molecular weight excluding hydrogens is 366 g/mol. The number of hydrogen-bond acceptors (Lipinski definition) is 5. The third-order valence-electron chi connectivity index (χ3n) is 2.72. The van der Waals surface area contributed by atoms with Gasteiger partial charge in [-0.15, -0.1) is 0 Å². The number of carboxylic acid groups (broad SMARTS) is 1. The minimum Gasteiger partial charge on any atom is -0.478 e. The minimum atomic E-state index is -4.07. The van der Waals surface area contributed by atoms with Gasteiger partial charge < -0.3 is 9.84 Å². The Morgan fingerprint density at radius 3 is 2.43 bits per heavy atom. The second kappa shape index (κ2) is 6.54. The maximum Gasteiger partial charge on any atom is 0.335 e. The molecule has 1 rings (SSSR count). The Kier molecular flexibility index (Phi) is 5.48. The summed E-state index contributed by atoms with van der Waals surface area (Å²) in [6, 6.07) is 1.25. The second-order valence-electron chi connectivity index (χ2n) is 4.25. The largest absolute Gasteiger partial charge is 0.478 e. The topological polar surface area (TPSA) is 110 Å². The highest BCUT2D eigenvalue weighted by molar-refractivity contribution is 9.10. The number of benzene rings is 1. The molecule has 0 fully saturated rings. The van der Waals surface area contributed by atoms with E-state index >= 15 is 0 Å². The lowest BCUT2D eigenvalue weighted by Crippen LogP contribution is -2.39. The van der Waals surface area contributed by atoms with E-state index in [2.05, 4.69) is 25.4 Å². The highest BCUT2D eigenvalue weighted by Crippen LogP contribution is 2.26. The number of sulfonamides is 1. The molecule has 0 aliphatic heterocycles. The highest BCUT2D eigenvalue weighted by atomic mass is 79.9. The predicted octanol–water partition coefficient (Wildman–Crippen LogP) is 1.30. The van der Waals surface area contributed by atoms with Crippen LogP contribution in [0.4, 0.5) is 0 Å². The van der Waals surface area contributed by atoms with Gasteiger partial charge in [0.15, 0.2) is 0 Å². The van der Waals surface area contributed by atoms with Gasteiger partial charge in [0.05, 0.1) is 17.6 Å². The van der Waals surface area contributed by atoms with Crippen LogP contribution < -0.4 is 4.72 Å². The van der Waals surface area contributed by atoms with Crippen molar-refractivity contribution in [3.63, 3.8) is 0 Å². The average Bonchev–Trinajstić information content (AvgIpc) is 2.39. The number of halogens is 1. The van der Waals surface area contributed by atoms with Crippen molar-refractivity contribution >= 4 is 37.9 Å². The maximum atomic E-state index is 12.3. The number of ether oxygens (including phenoxy) is 1. The van der Waals surface area contributed by atoms with Crippen LogP contribution in [-0.2, 0) is 19.6 Å². The Morgan fingerprint density at radius 1 is 1.38 bits per heavy atom. The van der Waals surface area contributed by atoms with Gasteiger partial charge in [0.25, 0.3) is 0 Å². The molecular formula is C12H14BrNO6S. The quantitative estimate of drug-likeness (QED) is 0.746. The van der Waals surface area contributed by atoms with Crippen LogP contribution in [0.15, 0.2) is 21.5 Å². The zero-order chi connectivity index (χ0) is 16.4. The summed E-state index contributed by atoms with van der Waals surface area (Å²) < 4.78 is 31.5. The number of methoxy groups -OCH3 is 1. The zero-order valence-corrected chi connectivity index (χ0v) is 13.9. The van der Waals surface area contributed by atoms with E-state index in [9.17, 15) is 18.0 Å². The number of hydrogen-bond donors (Lipinski definition) is 2. The van der Waals surface area contributed by atoms with Gasteiger partial charge in [-0.1, -0.05) is 15.9 Å². The van der Waals surface area contributed by atoms with E-state index in [4.69, 9.17) is 5.11 Å². The van der Waals surface area contributed by atoms with Crippen LogP contribution in [0.25, 0.3) is 0 Å². The van der Waals surface area contributed by atoms with E-state index in [0.29, 0.717) is 10.0 Å². The fourth-order valence-corrected chi connectivity index (χ4v) is 3.65. The molecule has 0 spiro atoms. The van der Waals surface area contributed by atoms with Crippen LogP contribution in [0, 0.1) is 6.92 Å². The molecule has 116 valence electrons. The van der Waals surface area contributed by atoms with E-state index in [0.717, 1.165) is 13.2 Å². The van der Waals surface area contributed by atoms with Crippen LogP contribution >= 0.6 is 15.9 Å². The molecule has 0 aromatic heterocycles. The number of esters is 1. The third kappa shape index (κ3) is 4.02. The van der Waals surface area contributed by atoms with Crippen molar-refractivity contribution in [3.05, 3.63) is 27.7 Å². The first-order valence-electron chi connectivity index (χ1n) is 5.73. The van der Waals surface area contributed by atoms with Crippen molar-refractivity contribution in [2.24, 2.45) is 0 Å². The highest BCUT2D eigenvalue weighted by Gasteiger charge is 2.26. The molecule has 0 amide bonds. The summed E-state index contributed by atoms with van der Waals surface area (Å²) in [6.45, 7) is 2.85. The molecule has 0 heterocycles. The van der Waals surface area contributed by atoms with Crippen LogP contribution in [0.3, 0.4) is 0 Å². The molecule has 2 N–H and O–H groups in total. The summed E-state index contributed by atoms with van der Waals surface area (Å²) in [4.78, 5) is 22.1. The van der Waals surface area contributed by atoms with Gasteiger partial charge in [0.2, 0.25) is 10.0 Å². The van der Waals surface area contributed by atoms with Crippen LogP contribution in [0.5, 0.6) is 0 Å². The lowest BCUT2D eigenvalue weighted by molar-refractivity contribution is -0.142. The van der Waals surface area contributed by atoms with E-state index < -0.39 is 28.0 Å². The SMILES string of the molecule is COC(=O)[C@H](C)NS(=O)(=O)c1cc(C(=O)O)cc(Br)c1C. The monoisotopic (exact) mass is 379 g/mol. The van der Waals surface area contributed by atoms with Crippen molar-refractivity contribution in [2.45, 2.75) is 24.8 Å². The van der Waals surface area contributed by atoms with Crippen molar-refractivity contribution in [3.8, 4) is 0 Å². The summed E-state index contributed by atoms with van der Waals surface area (Å²) in [5.74, 6) is -2.00. The molecule has 0 unspecified atom stereocenters. The summed E-state index contributed by atoms with van der Waals surface area (Å²) in [5.41, 5.74) is 0.156. The van der Waals surface area contributed by atoms with Gasteiger partial charge in [0.1, 0.15) is 6.04 Å². The smallest absolute Gasteiger partial charge is 0.335 e. The standard InChI is InChI=1S/C12H14BrNO6S/c1-6-9(13)4-8(11(15)16)5-10(6)21(18,19)14-7(2)12(17)20-3/h4-5,7,14H,1-3H3,(H,15,16)/t7-/m0/s1. The molecule has 0 aliphatic carbocycles. The molecule has 1 atom stereocenters. The van der Waals surface area contributed by atoms with Crippen molar-refractivity contribution in [1.82, 2.24) is 4.72 Å². The Labute approximate surface area is 130 Å². The molecule has 21 heavy (non-hydrogen) atoms. The maximum absolute atomic E-state index is 12.3. The predicted molar refractivity (Wildman–Crippen MR) is 77.6 cm³/mol. The van der Waals surface area contributed by atoms with Crippen molar-refractivity contribution < 1.29 is 27.9 Å². The number of carboxylic acids is 1. The Morgan fingerprint density at radius 2 is 1.95 bits per heavy atom. The Bertz CT molecular complexity index is 685. The lowest BCUT2D eigenvalue weighted by Gasteiger charge is -2.15. The molecule has 0 saturated carbocycles. The molecule has 0 bridgehead atoms. The van der Waals surface area contributed by atoms with Gasteiger partial charge in [-0.3, -0.25) is 4.79 Å². The van der Waals surface area contributed by atoms with Gasteiger partial charge in [0, 0.05) is 4.47 Å². The third-order valence-corrected chi connectivity index (χ3v) is 5.21. The van der Waals surface area contributed by atoms with Crippen molar-refractivity contribution in [1.29, 1.82) is 0 Å². The number of carbonyl (C=O) groups excluding carboxylic acids is 1. The fourth-order valence-electron chi connectivity index (χ4n) is 1.58. The Balaban J connectivity index is 3.31. The molecule has 1 aromatic rings. The molecule has 0 radical (unpaired) electrons. The van der Waals surface area contributed by atoms with Gasteiger partial charge >= 0.3 is 11.9 Å². The van der Waals surface area contributed by atoms with E-state index in [1.54, 1.807) is 0 Å². The van der Waals surface area contributed by atoms with Crippen LogP contribution in [0.1, 0.15) is 22.8 Å². The molecule has 0 saturated heterocycles. The van der Waals surface area contributed by atoms with E-state index in [1.165, 1.54) is 19.9 Å². The van der Waals surface area contributed by atoms with E-state index in [-0.39, 0.29) is 10.5 Å². The zero-order valence-electron chi connectivity index (χ0n) is 11.5. The molecule has 0 aliphatic rings. The first-order chi connectivity index (χ1) is 9.60. The minimum absolute atomic E-state index is 0.182. The first-order valence-corrected chi connectivity index (χ1v) is 8.01. The van der Waals surface area contributed by atoms with Crippen molar-refractivity contribution in [2.75, 3.05) is 7.11 Å².